The van der Waals surface area contributed by atoms with Crippen LogP contribution >= 0.6 is 0 Å². The van der Waals surface area contributed by atoms with Gasteiger partial charge in [-0.2, -0.15) is 0 Å². The van der Waals surface area contributed by atoms with Crippen LogP contribution < -0.4 is 5.32 Å². The molecule has 0 aromatic heterocycles. The Morgan fingerprint density at radius 3 is 1.47 bits per heavy atom. The van der Waals surface area contributed by atoms with Gasteiger partial charge in [0.2, 0.25) is 0 Å². The molecule has 4 aromatic carbocycles. The van der Waals surface area contributed by atoms with Crippen LogP contribution in [0.15, 0.2) is 121 Å². The summed E-state index contributed by atoms with van der Waals surface area (Å²) in [5, 5.41) is 24.1. The fourth-order valence-corrected chi connectivity index (χ4v) is 4.73. The van der Waals surface area contributed by atoms with Gasteiger partial charge in [0.05, 0.1) is 39.6 Å². The van der Waals surface area contributed by atoms with Crippen molar-refractivity contribution in [1.82, 2.24) is 5.32 Å². The van der Waals surface area contributed by atoms with Gasteiger partial charge in [0, 0.05) is 6.04 Å². The van der Waals surface area contributed by atoms with Crippen molar-refractivity contribution in [2.45, 2.75) is 63.8 Å². The first-order valence-corrected chi connectivity index (χ1v) is 15.2. The Bertz CT molecular complexity index is 1360. The maximum atomic E-state index is 13.8. The van der Waals surface area contributed by atoms with Gasteiger partial charge in [-0.3, -0.25) is 4.79 Å². The van der Waals surface area contributed by atoms with E-state index in [2.05, 4.69) is 5.32 Å². The van der Waals surface area contributed by atoms with Crippen molar-refractivity contribution in [1.29, 1.82) is 0 Å². The largest absolute Gasteiger partial charge is 0.394 e. The fraction of sp³-hybridized carbons (Fsp3) is 0.324. The highest BCUT2D eigenvalue weighted by atomic mass is 16.6. The molecule has 0 unspecified atom stereocenters. The molecule has 1 amide bonds. The number of hydrogen-bond donors (Lipinski definition) is 3. The molecule has 238 valence electrons. The first-order chi connectivity index (χ1) is 22.0. The van der Waals surface area contributed by atoms with E-state index in [4.69, 9.17) is 18.9 Å². The van der Waals surface area contributed by atoms with E-state index in [0.29, 0.717) is 6.61 Å². The zero-order valence-corrected chi connectivity index (χ0v) is 25.6. The minimum absolute atomic E-state index is 0.0698. The number of carbonyl (C=O) groups excluding carboxylic acids is 1. The summed E-state index contributed by atoms with van der Waals surface area (Å²) < 4.78 is 25.1. The van der Waals surface area contributed by atoms with Crippen LogP contribution in [-0.4, -0.2) is 59.8 Å². The number of ether oxygens (including phenoxy) is 4. The van der Waals surface area contributed by atoms with Crippen LogP contribution in [0, 0.1) is 0 Å². The van der Waals surface area contributed by atoms with Crippen molar-refractivity contribution in [3.63, 3.8) is 0 Å². The minimum Gasteiger partial charge on any atom is -0.394 e. The van der Waals surface area contributed by atoms with Crippen LogP contribution in [0.3, 0.4) is 0 Å². The van der Waals surface area contributed by atoms with Crippen LogP contribution in [0.4, 0.5) is 0 Å². The molecular formula is C37H43NO7. The lowest BCUT2D eigenvalue weighted by molar-refractivity contribution is -0.191. The molecule has 0 bridgehead atoms. The van der Waals surface area contributed by atoms with Crippen LogP contribution in [0.25, 0.3) is 0 Å². The van der Waals surface area contributed by atoms with Gasteiger partial charge < -0.3 is 34.5 Å². The maximum Gasteiger partial charge on any atom is 0.252 e. The van der Waals surface area contributed by atoms with E-state index in [1.165, 1.54) is 0 Å². The standard InChI is InChI=1S/C37H43NO7/c1-28(22-39)38-37(41)36(45-26-32-20-12-5-13-21-32)35(44-25-31-18-10-4-11-19-31)34(43-24-30-16-8-3-9-17-30)33(40)27-42-23-29-14-6-2-7-15-29/h2-21,28,33-36,39-40H,22-27H2,1H3,(H,38,41)/t28-,33-,34-,35+,36-/m1/s1. The van der Waals surface area contributed by atoms with E-state index in [9.17, 15) is 15.0 Å². The number of amides is 1. The molecule has 8 nitrogen and oxygen atoms in total. The molecule has 0 aliphatic carbocycles. The zero-order chi connectivity index (χ0) is 31.7. The maximum absolute atomic E-state index is 13.8. The van der Waals surface area contributed by atoms with Gasteiger partial charge in [-0.1, -0.05) is 121 Å². The number of aliphatic hydroxyl groups is 2. The summed E-state index contributed by atoms with van der Waals surface area (Å²) in [5.74, 6) is -0.490. The van der Waals surface area contributed by atoms with Gasteiger partial charge in [-0.15, -0.1) is 0 Å². The predicted octanol–water partition coefficient (Wildman–Crippen LogP) is 4.82. The van der Waals surface area contributed by atoms with Gasteiger partial charge in [0.25, 0.3) is 5.91 Å². The number of carbonyl (C=O) groups is 1. The van der Waals surface area contributed by atoms with Crippen LogP contribution in [0.2, 0.25) is 0 Å². The SMILES string of the molecule is C[C@H](CO)NC(=O)[C@H](OCc1ccccc1)[C@@H](OCc1ccccc1)[C@H](OCc1ccccc1)[C@H](O)COCc1ccccc1. The Morgan fingerprint density at radius 2 is 1.02 bits per heavy atom. The normalized spacial score (nSPS) is 14.6. The van der Waals surface area contributed by atoms with Crippen LogP contribution in [0.5, 0.6) is 0 Å². The Hall–Kier alpha value is -3.89. The molecule has 0 spiro atoms. The van der Waals surface area contributed by atoms with Crippen molar-refractivity contribution in [3.05, 3.63) is 144 Å². The highest BCUT2D eigenvalue weighted by Crippen LogP contribution is 2.22. The molecule has 0 aliphatic rings. The number of nitrogens with one attached hydrogen (secondary N) is 1. The summed E-state index contributed by atoms with van der Waals surface area (Å²) in [7, 11) is 0. The van der Waals surface area contributed by atoms with Crippen molar-refractivity contribution < 1.29 is 34.0 Å². The van der Waals surface area contributed by atoms with Gasteiger partial charge in [0.15, 0.2) is 6.10 Å². The van der Waals surface area contributed by atoms with Crippen LogP contribution in [-0.2, 0) is 50.2 Å². The Morgan fingerprint density at radius 1 is 0.622 bits per heavy atom. The summed E-state index contributed by atoms with van der Waals surface area (Å²) in [6, 6.07) is 37.8. The zero-order valence-electron chi connectivity index (χ0n) is 25.6. The van der Waals surface area contributed by atoms with E-state index in [0.717, 1.165) is 22.3 Å². The predicted molar refractivity (Wildman–Crippen MR) is 172 cm³/mol. The molecule has 8 heteroatoms. The number of benzene rings is 4. The van der Waals surface area contributed by atoms with Crippen molar-refractivity contribution in [2.24, 2.45) is 0 Å². The van der Waals surface area contributed by atoms with Gasteiger partial charge in [-0.05, 0) is 29.2 Å². The topological polar surface area (TPSA) is 106 Å². The monoisotopic (exact) mass is 613 g/mol. The average molecular weight is 614 g/mol. The van der Waals surface area contributed by atoms with E-state index in [-0.39, 0.29) is 33.0 Å². The molecule has 0 heterocycles. The summed E-state index contributed by atoms with van der Waals surface area (Å²) in [6.07, 6.45) is -4.46. The summed E-state index contributed by atoms with van der Waals surface area (Å²) in [6.45, 7) is 2.08. The number of rotatable bonds is 19. The first kappa shape index (κ1) is 34.0. The third-order valence-electron chi connectivity index (χ3n) is 7.17. The molecule has 45 heavy (non-hydrogen) atoms. The van der Waals surface area contributed by atoms with Crippen molar-refractivity contribution >= 4 is 5.91 Å². The van der Waals surface area contributed by atoms with Gasteiger partial charge in [0.1, 0.15) is 18.3 Å². The summed E-state index contributed by atoms with van der Waals surface area (Å²) in [5.41, 5.74) is 3.59. The van der Waals surface area contributed by atoms with E-state index in [1.54, 1.807) is 6.92 Å². The minimum atomic E-state index is -1.20. The molecule has 0 radical (unpaired) electrons. The number of aliphatic hydroxyl groups excluding tert-OH is 2. The quantitative estimate of drug-likeness (QED) is 0.139. The smallest absolute Gasteiger partial charge is 0.252 e. The van der Waals surface area contributed by atoms with Crippen molar-refractivity contribution in [2.75, 3.05) is 13.2 Å². The molecule has 4 aromatic rings. The van der Waals surface area contributed by atoms with Crippen LogP contribution in [0.1, 0.15) is 29.2 Å². The average Bonchev–Trinajstić information content (AvgIpc) is 3.08. The second-order valence-corrected chi connectivity index (χ2v) is 10.9. The van der Waals surface area contributed by atoms with E-state index < -0.39 is 36.4 Å². The second kappa shape index (κ2) is 18.8. The Balaban J connectivity index is 1.64. The third-order valence-corrected chi connectivity index (χ3v) is 7.17. The van der Waals surface area contributed by atoms with Gasteiger partial charge in [-0.25, -0.2) is 0 Å². The summed E-state index contributed by atoms with van der Waals surface area (Å²) in [4.78, 5) is 13.8. The lowest BCUT2D eigenvalue weighted by atomic mass is 10.0. The molecule has 0 fully saturated rings. The third kappa shape index (κ3) is 11.5. The molecule has 4 rings (SSSR count). The number of hydrogen-bond acceptors (Lipinski definition) is 7. The highest BCUT2D eigenvalue weighted by Gasteiger charge is 2.41. The lowest BCUT2D eigenvalue weighted by Crippen LogP contribution is -2.56. The van der Waals surface area contributed by atoms with Crippen molar-refractivity contribution in [3.8, 4) is 0 Å². The molecule has 0 aliphatic heterocycles. The first-order valence-electron chi connectivity index (χ1n) is 15.2. The Kier molecular flexibility index (Phi) is 14.2. The molecule has 0 saturated heterocycles. The summed E-state index contributed by atoms with van der Waals surface area (Å²) >= 11 is 0. The molecule has 3 N–H and O–H groups in total. The molecular weight excluding hydrogens is 570 g/mol. The Labute approximate surface area is 265 Å². The molecule has 0 saturated carbocycles. The highest BCUT2D eigenvalue weighted by molar-refractivity contribution is 5.82. The second-order valence-electron chi connectivity index (χ2n) is 10.9. The van der Waals surface area contributed by atoms with Gasteiger partial charge >= 0.3 is 0 Å². The van der Waals surface area contributed by atoms with E-state index >= 15 is 0 Å². The molecule has 5 atom stereocenters. The lowest BCUT2D eigenvalue weighted by Gasteiger charge is -2.35. The van der Waals surface area contributed by atoms with E-state index in [1.807, 2.05) is 121 Å². The fourth-order valence-electron chi connectivity index (χ4n) is 4.73.